The number of thiocarbonyl (C=S) groups is 1. The largest absolute Gasteiger partial charge is 0.497 e. The summed E-state index contributed by atoms with van der Waals surface area (Å²) < 4.78 is 10.6. The van der Waals surface area contributed by atoms with Crippen LogP contribution in [0, 0.1) is 0 Å². The van der Waals surface area contributed by atoms with E-state index in [1.807, 2.05) is 24.3 Å². The van der Waals surface area contributed by atoms with Crippen LogP contribution < -0.4 is 19.7 Å². The molecule has 0 saturated heterocycles. The first-order valence-corrected chi connectivity index (χ1v) is 7.52. The molecular weight excluding hydrogens is 296 g/mol. The molecule has 4 nitrogen and oxygen atoms in total. The topological polar surface area (TPSA) is 33.7 Å². The number of anilines is 2. The van der Waals surface area contributed by atoms with Crippen LogP contribution in [-0.2, 0) is 6.42 Å². The molecule has 1 N–H and O–H groups in total. The summed E-state index contributed by atoms with van der Waals surface area (Å²) in [5.74, 6) is 1.45. The summed E-state index contributed by atoms with van der Waals surface area (Å²) >= 11 is 5.57. The van der Waals surface area contributed by atoms with Crippen LogP contribution in [0.25, 0.3) is 0 Å². The van der Waals surface area contributed by atoms with E-state index in [9.17, 15) is 0 Å². The molecule has 0 atom stereocenters. The van der Waals surface area contributed by atoms with Gasteiger partial charge < -0.3 is 19.7 Å². The Morgan fingerprint density at radius 2 is 1.95 bits per heavy atom. The molecule has 1 aliphatic rings. The molecule has 2 aromatic carbocycles. The van der Waals surface area contributed by atoms with Crippen LogP contribution in [0.15, 0.2) is 42.5 Å². The molecular formula is C17H18N2O2S. The summed E-state index contributed by atoms with van der Waals surface area (Å²) in [4.78, 5) is 2.12. The Bertz CT molecular complexity index is 703. The first-order chi connectivity index (χ1) is 10.7. The summed E-state index contributed by atoms with van der Waals surface area (Å²) in [6.45, 7) is 0.893. The molecule has 0 fully saturated rings. The molecule has 0 unspecified atom stereocenters. The van der Waals surface area contributed by atoms with E-state index in [1.54, 1.807) is 14.2 Å². The van der Waals surface area contributed by atoms with Gasteiger partial charge in [0.1, 0.15) is 11.5 Å². The summed E-state index contributed by atoms with van der Waals surface area (Å²) in [6, 6.07) is 14.0. The Morgan fingerprint density at radius 3 is 2.73 bits per heavy atom. The van der Waals surface area contributed by atoms with E-state index in [0.29, 0.717) is 10.9 Å². The molecule has 0 saturated carbocycles. The highest BCUT2D eigenvalue weighted by atomic mass is 32.1. The van der Waals surface area contributed by atoms with Gasteiger partial charge in [-0.05, 0) is 42.4 Å². The third-order valence-corrected chi connectivity index (χ3v) is 4.11. The first kappa shape index (κ1) is 14.7. The normalized spacial score (nSPS) is 12.7. The van der Waals surface area contributed by atoms with Gasteiger partial charge in [0.15, 0.2) is 5.11 Å². The highest BCUT2D eigenvalue weighted by molar-refractivity contribution is 7.80. The zero-order valence-electron chi connectivity index (χ0n) is 12.6. The predicted molar refractivity (Wildman–Crippen MR) is 93.3 cm³/mol. The van der Waals surface area contributed by atoms with Gasteiger partial charge in [0.25, 0.3) is 0 Å². The average molecular weight is 314 g/mol. The van der Waals surface area contributed by atoms with Crippen molar-refractivity contribution in [3.05, 3.63) is 48.0 Å². The lowest BCUT2D eigenvalue weighted by molar-refractivity contribution is 0.395. The lowest BCUT2D eigenvalue weighted by Crippen LogP contribution is -2.33. The third-order valence-electron chi connectivity index (χ3n) is 3.78. The molecule has 2 aromatic rings. The van der Waals surface area contributed by atoms with Crippen LogP contribution in [-0.4, -0.2) is 25.9 Å². The van der Waals surface area contributed by atoms with Crippen molar-refractivity contribution in [2.75, 3.05) is 31.0 Å². The minimum atomic E-state index is 0.674. The number of benzene rings is 2. The smallest absolute Gasteiger partial charge is 0.178 e. The molecule has 1 heterocycles. The minimum absolute atomic E-state index is 0.674. The Balaban J connectivity index is 1.81. The van der Waals surface area contributed by atoms with Crippen LogP contribution in [0.5, 0.6) is 11.5 Å². The summed E-state index contributed by atoms with van der Waals surface area (Å²) in [5, 5.41) is 3.95. The molecule has 0 spiro atoms. The minimum Gasteiger partial charge on any atom is -0.497 e. The number of fused-ring (bicyclic) bond motifs is 1. The second-order valence-corrected chi connectivity index (χ2v) is 5.41. The molecule has 0 bridgehead atoms. The number of ether oxygens (including phenoxy) is 2. The molecule has 0 aromatic heterocycles. The van der Waals surface area contributed by atoms with Crippen molar-refractivity contribution in [2.24, 2.45) is 0 Å². The maximum absolute atomic E-state index is 5.57. The summed E-state index contributed by atoms with van der Waals surface area (Å²) in [7, 11) is 3.27. The van der Waals surface area contributed by atoms with Gasteiger partial charge in [-0.25, -0.2) is 0 Å². The molecule has 1 aliphatic heterocycles. The maximum atomic E-state index is 5.57. The highest BCUT2D eigenvalue weighted by Crippen LogP contribution is 2.31. The van der Waals surface area contributed by atoms with Crippen LogP contribution in [0.3, 0.4) is 0 Å². The lowest BCUT2D eigenvalue weighted by Gasteiger charge is -2.22. The fourth-order valence-corrected chi connectivity index (χ4v) is 2.93. The number of nitrogens with zero attached hydrogens (tertiary/aromatic N) is 1. The fourth-order valence-electron chi connectivity index (χ4n) is 2.63. The Labute approximate surface area is 135 Å². The molecule has 0 aliphatic carbocycles. The first-order valence-electron chi connectivity index (χ1n) is 7.11. The Kier molecular flexibility index (Phi) is 4.15. The van der Waals surface area contributed by atoms with Crippen molar-refractivity contribution in [2.45, 2.75) is 6.42 Å². The molecule has 3 rings (SSSR count). The zero-order chi connectivity index (χ0) is 15.5. The van der Waals surface area contributed by atoms with Gasteiger partial charge in [-0.1, -0.05) is 18.2 Å². The fraction of sp³-hybridized carbons (Fsp3) is 0.235. The van der Waals surface area contributed by atoms with Gasteiger partial charge in [0.2, 0.25) is 0 Å². The van der Waals surface area contributed by atoms with E-state index in [0.717, 1.165) is 24.4 Å². The monoisotopic (exact) mass is 314 g/mol. The van der Waals surface area contributed by atoms with Gasteiger partial charge in [0, 0.05) is 18.3 Å². The van der Waals surface area contributed by atoms with Crippen molar-refractivity contribution >= 4 is 28.7 Å². The molecule has 0 amide bonds. The number of para-hydroxylation sites is 1. The quantitative estimate of drug-likeness (QED) is 0.878. The van der Waals surface area contributed by atoms with Crippen LogP contribution in [0.4, 0.5) is 11.4 Å². The van der Waals surface area contributed by atoms with Gasteiger partial charge in [-0.2, -0.15) is 0 Å². The highest BCUT2D eigenvalue weighted by Gasteiger charge is 2.22. The number of rotatable bonds is 3. The predicted octanol–water partition coefficient (Wildman–Crippen LogP) is 3.46. The molecule has 22 heavy (non-hydrogen) atoms. The zero-order valence-corrected chi connectivity index (χ0v) is 13.4. The van der Waals surface area contributed by atoms with E-state index >= 15 is 0 Å². The Morgan fingerprint density at radius 1 is 1.14 bits per heavy atom. The van der Waals surface area contributed by atoms with Gasteiger partial charge >= 0.3 is 0 Å². The van der Waals surface area contributed by atoms with E-state index in [-0.39, 0.29) is 0 Å². The van der Waals surface area contributed by atoms with Gasteiger partial charge in [0.05, 0.1) is 19.9 Å². The maximum Gasteiger partial charge on any atom is 0.178 e. The summed E-state index contributed by atoms with van der Waals surface area (Å²) in [6.07, 6.45) is 1.01. The molecule has 5 heteroatoms. The van der Waals surface area contributed by atoms with Gasteiger partial charge in [-0.3, -0.25) is 0 Å². The van der Waals surface area contributed by atoms with Crippen molar-refractivity contribution < 1.29 is 9.47 Å². The number of methoxy groups -OCH3 is 2. The van der Waals surface area contributed by atoms with E-state index in [2.05, 4.69) is 28.4 Å². The molecule has 114 valence electrons. The van der Waals surface area contributed by atoms with Crippen LogP contribution in [0.2, 0.25) is 0 Å². The lowest BCUT2D eigenvalue weighted by atomic mass is 10.2. The van der Waals surface area contributed by atoms with Crippen molar-refractivity contribution in [3.63, 3.8) is 0 Å². The van der Waals surface area contributed by atoms with Crippen LogP contribution in [0.1, 0.15) is 5.56 Å². The number of hydrogen-bond acceptors (Lipinski definition) is 3. The average Bonchev–Trinajstić information content (AvgIpc) is 2.99. The standard InChI is InChI=1S/C17H18N2O2S/c1-20-13-7-8-14(16(11-13)21-2)18-17(22)19-10-9-12-5-3-4-6-15(12)19/h3-8,11H,9-10H2,1-2H3,(H,18,22). The van der Waals surface area contributed by atoms with E-state index < -0.39 is 0 Å². The third kappa shape index (κ3) is 2.72. The molecule has 0 radical (unpaired) electrons. The second-order valence-electron chi connectivity index (χ2n) is 5.03. The van der Waals surface area contributed by atoms with Gasteiger partial charge in [-0.15, -0.1) is 0 Å². The van der Waals surface area contributed by atoms with E-state index in [1.165, 1.54) is 11.3 Å². The van der Waals surface area contributed by atoms with E-state index in [4.69, 9.17) is 21.7 Å². The number of nitrogens with one attached hydrogen (secondary N) is 1. The van der Waals surface area contributed by atoms with Crippen molar-refractivity contribution in [3.8, 4) is 11.5 Å². The van der Waals surface area contributed by atoms with Crippen molar-refractivity contribution in [1.29, 1.82) is 0 Å². The second kappa shape index (κ2) is 6.23. The number of hydrogen-bond donors (Lipinski definition) is 1. The van der Waals surface area contributed by atoms with Crippen molar-refractivity contribution in [1.82, 2.24) is 0 Å². The SMILES string of the molecule is COc1ccc(NC(=S)N2CCc3ccccc32)c(OC)c1. The van der Waals surface area contributed by atoms with Crippen LogP contribution >= 0.6 is 12.2 Å². The Hall–Kier alpha value is -2.27. The summed E-state index contributed by atoms with van der Waals surface area (Å²) in [5.41, 5.74) is 3.33.